The predicted molar refractivity (Wildman–Crippen MR) is 62.8 cm³/mol. The Labute approximate surface area is 97.4 Å². The number of piperidine rings is 1. The van der Waals surface area contributed by atoms with Crippen LogP contribution < -0.4 is 5.73 Å². The minimum atomic E-state index is -0.619. The van der Waals surface area contributed by atoms with E-state index in [1.54, 1.807) is 0 Å². The summed E-state index contributed by atoms with van der Waals surface area (Å²) in [6.07, 6.45) is 5.46. The van der Waals surface area contributed by atoms with E-state index in [1.165, 1.54) is 0 Å². The molecule has 1 aliphatic carbocycles. The van der Waals surface area contributed by atoms with Crippen LogP contribution in [0.5, 0.6) is 0 Å². The lowest BCUT2D eigenvalue weighted by molar-refractivity contribution is -0.147. The van der Waals surface area contributed by atoms with Crippen molar-refractivity contribution in [1.82, 2.24) is 4.90 Å². The molecule has 0 aromatic rings. The zero-order valence-electron chi connectivity index (χ0n) is 9.94. The van der Waals surface area contributed by atoms with E-state index in [1.807, 2.05) is 0 Å². The highest BCUT2D eigenvalue weighted by Gasteiger charge is 2.39. The van der Waals surface area contributed by atoms with Crippen molar-refractivity contribution in [3.8, 4) is 0 Å². The zero-order chi connectivity index (χ0) is 11.6. The fourth-order valence-corrected chi connectivity index (χ4v) is 2.95. The molecule has 0 atom stereocenters. The normalized spacial score (nSPS) is 38.8. The number of aliphatic hydroxyl groups excluding tert-OH is 1. The van der Waals surface area contributed by atoms with E-state index in [9.17, 15) is 5.11 Å². The van der Waals surface area contributed by atoms with E-state index in [2.05, 4.69) is 4.90 Å². The molecule has 1 saturated carbocycles. The number of hydrogen-bond donors (Lipinski definition) is 3. The number of nitrogens with zero attached hydrogens (tertiary/aromatic N) is 1. The summed E-state index contributed by atoms with van der Waals surface area (Å²) >= 11 is 0. The molecule has 4 heteroatoms. The second-order valence-corrected chi connectivity index (χ2v) is 5.43. The topological polar surface area (TPSA) is 69.7 Å². The average Bonchev–Trinajstić information content (AvgIpc) is 2.31. The van der Waals surface area contributed by atoms with Crippen molar-refractivity contribution in [3.05, 3.63) is 0 Å². The molecule has 0 bridgehead atoms. The van der Waals surface area contributed by atoms with Crippen molar-refractivity contribution in [3.63, 3.8) is 0 Å². The highest BCUT2D eigenvalue weighted by Crippen LogP contribution is 2.35. The van der Waals surface area contributed by atoms with E-state index in [0.717, 1.165) is 51.6 Å². The van der Waals surface area contributed by atoms with Crippen LogP contribution in [0.3, 0.4) is 0 Å². The van der Waals surface area contributed by atoms with Crippen molar-refractivity contribution in [2.45, 2.75) is 50.3 Å². The van der Waals surface area contributed by atoms with E-state index in [4.69, 9.17) is 10.8 Å². The van der Waals surface area contributed by atoms with Crippen LogP contribution in [0.15, 0.2) is 0 Å². The summed E-state index contributed by atoms with van der Waals surface area (Å²) in [6, 6.07) is 0.314. The van der Waals surface area contributed by atoms with Gasteiger partial charge in [-0.25, -0.2) is 0 Å². The van der Waals surface area contributed by atoms with Crippen LogP contribution >= 0.6 is 0 Å². The van der Waals surface area contributed by atoms with Crippen molar-refractivity contribution in [2.24, 2.45) is 11.7 Å². The summed E-state index contributed by atoms with van der Waals surface area (Å²) in [7, 11) is 0. The first-order chi connectivity index (χ1) is 7.64. The highest BCUT2D eigenvalue weighted by molar-refractivity contribution is 4.89. The van der Waals surface area contributed by atoms with Crippen LogP contribution in [0.25, 0.3) is 0 Å². The molecule has 0 aromatic carbocycles. The predicted octanol–water partition coefficient (Wildman–Crippen LogP) is 0.281. The van der Waals surface area contributed by atoms with E-state index in [0.29, 0.717) is 12.0 Å². The van der Waals surface area contributed by atoms with Gasteiger partial charge >= 0.3 is 0 Å². The monoisotopic (exact) mass is 228 g/mol. The summed E-state index contributed by atoms with van der Waals surface area (Å²) < 4.78 is 0. The van der Waals surface area contributed by atoms with Gasteiger partial charge in [-0.15, -0.1) is 0 Å². The Morgan fingerprint density at radius 1 is 1.12 bits per heavy atom. The molecule has 1 heterocycles. The molecular weight excluding hydrogens is 204 g/mol. The maximum atomic E-state index is 10.6. The minimum absolute atomic E-state index is 0.265. The van der Waals surface area contributed by atoms with E-state index < -0.39 is 5.72 Å². The van der Waals surface area contributed by atoms with Crippen molar-refractivity contribution >= 4 is 0 Å². The molecule has 16 heavy (non-hydrogen) atoms. The Hall–Kier alpha value is -0.160. The third kappa shape index (κ3) is 2.56. The standard InChI is InChI=1S/C12H24N2O2/c13-11-3-7-14(8-4-11)12(16)5-1-10(9-15)2-6-12/h10-11,15-16H,1-9,13H2. The number of nitrogens with two attached hydrogens (primary N) is 1. The molecule has 4 nitrogen and oxygen atoms in total. The van der Waals surface area contributed by atoms with Gasteiger partial charge in [-0.2, -0.15) is 0 Å². The van der Waals surface area contributed by atoms with Crippen molar-refractivity contribution in [2.75, 3.05) is 19.7 Å². The Morgan fingerprint density at radius 3 is 2.19 bits per heavy atom. The van der Waals surface area contributed by atoms with Crippen LogP contribution in [0.1, 0.15) is 38.5 Å². The second kappa shape index (κ2) is 5.00. The number of rotatable bonds is 2. The van der Waals surface area contributed by atoms with Crippen molar-refractivity contribution < 1.29 is 10.2 Å². The fourth-order valence-electron chi connectivity index (χ4n) is 2.95. The van der Waals surface area contributed by atoms with Gasteiger partial charge in [-0.3, -0.25) is 4.90 Å². The van der Waals surface area contributed by atoms with Gasteiger partial charge < -0.3 is 15.9 Å². The van der Waals surface area contributed by atoms with Crippen LogP contribution in [-0.4, -0.2) is 46.6 Å². The maximum Gasteiger partial charge on any atom is 0.118 e. The minimum Gasteiger partial charge on any atom is -0.396 e. The van der Waals surface area contributed by atoms with Gasteiger partial charge in [0.25, 0.3) is 0 Å². The van der Waals surface area contributed by atoms with Gasteiger partial charge in [0.05, 0.1) is 0 Å². The van der Waals surface area contributed by atoms with E-state index in [-0.39, 0.29) is 6.61 Å². The molecule has 1 saturated heterocycles. The Kier molecular flexibility index (Phi) is 3.85. The molecule has 0 amide bonds. The van der Waals surface area contributed by atoms with Gasteiger partial charge in [0.1, 0.15) is 5.72 Å². The third-order valence-corrected chi connectivity index (χ3v) is 4.29. The molecule has 2 fully saturated rings. The maximum absolute atomic E-state index is 10.6. The number of likely N-dealkylation sites (tertiary alicyclic amines) is 1. The first-order valence-corrected chi connectivity index (χ1v) is 6.48. The second-order valence-electron chi connectivity index (χ2n) is 5.43. The summed E-state index contributed by atoms with van der Waals surface area (Å²) in [4.78, 5) is 2.20. The number of hydrogen-bond acceptors (Lipinski definition) is 4. The van der Waals surface area contributed by atoms with Crippen molar-refractivity contribution in [1.29, 1.82) is 0 Å². The van der Waals surface area contributed by atoms with Gasteiger partial charge in [-0.05, 0) is 44.4 Å². The summed E-state index contributed by atoms with van der Waals surface area (Å²) in [6.45, 7) is 2.10. The van der Waals surface area contributed by atoms with Crippen LogP contribution in [-0.2, 0) is 0 Å². The molecule has 2 rings (SSSR count). The molecule has 94 valence electrons. The molecule has 0 aromatic heterocycles. The number of aliphatic hydroxyl groups is 2. The molecule has 0 spiro atoms. The van der Waals surface area contributed by atoms with Crippen LogP contribution in [0, 0.1) is 5.92 Å². The summed E-state index contributed by atoms with van der Waals surface area (Å²) in [5, 5.41) is 19.7. The zero-order valence-corrected chi connectivity index (χ0v) is 9.94. The average molecular weight is 228 g/mol. The van der Waals surface area contributed by atoms with Crippen LogP contribution in [0.2, 0.25) is 0 Å². The SMILES string of the molecule is NC1CCN(C2(O)CCC(CO)CC2)CC1. The molecule has 0 unspecified atom stereocenters. The third-order valence-electron chi connectivity index (χ3n) is 4.29. The molecular formula is C12H24N2O2. The highest BCUT2D eigenvalue weighted by atomic mass is 16.3. The van der Waals surface area contributed by atoms with Gasteiger partial charge in [-0.1, -0.05) is 0 Å². The lowest BCUT2D eigenvalue weighted by Crippen LogP contribution is -2.55. The molecule has 4 N–H and O–H groups in total. The van der Waals surface area contributed by atoms with Gasteiger partial charge in [0, 0.05) is 25.7 Å². The molecule has 1 aliphatic heterocycles. The summed E-state index contributed by atoms with van der Waals surface area (Å²) in [5.74, 6) is 0.396. The van der Waals surface area contributed by atoms with Gasteiger partial charge in [0.2, 0.25) is 0 Å². The van der Waals surface area contributed by atoms with Crippen LogP contribution in [0.4, 0.5) is 0 Å². The largest absolute Gasteiger partial charge is 0.396 e. The first-order valence-electron chi connectivity index (χ1n) is 6.48. The smallest absolute Gasteiger partial charge is 0.118 e. The van der Waals surface area contributed by atoms with E-state index >= 15 is 0 Å². The molecule has 0 radical (unpaired) electrons. The Balaban J connectivity index is 1.88. The lowest BCUT2D eigenvalue weighted by Gasteiger charge is -2.46. The fraction of sp³-hybridized carbons (Fsp3) is 1.00. The Bertz CT molecular complexity index is 219. The van der Waals surface area contributed by atoms with Gasteiger partial charge in [0.15, 0.2) is 0 Å². The molecule has 2 aliphatic rings. The quantitative estimate of drug-likeness (QED) is 0.635. The first kappa shape index (κ1) is 12.3. The summed E-state index contributed by atoms with van der Waals surface area (Å²) in [5.41, 5.74) is 5.25. The Morgan fingerprint density at radius 2 is 1.69 bits per heavy atom. The lowest BCUT2D eigenvalue weighted by atomic mass is 9.82.